The van der Waals surface area contributed by atoms with Gasteiger partial charge in [-0.1, -0.05) is 11.6 Å². The van der Waals surface area contributed by atoms with Crippen LogP contribution in [0.2, 0.25) is 5.02 Å². The number of carbonyl (C=O) groups is 1. The number of nitrogens with one attached hydrogen (secondary N) is 1. The number of nitrogens with zero attached hydrogens (tertiary/aromatic N) is 6. The minimum atomic E-state index is -0.333. The molecule has 0 atom stereocenters. The van der Waals surface area contributed by atoms with Crippen LogP contribution in [-0.2, 0) is 0 Å². The summed E-state index contributed by atoms with van der Waals surface area (Å²) in [4.78, 5) is 24.1. The molecule has 1 aliphatic heterocycles. The maximum absolute atomic E-state index is 12.8. The Balaban J connectivity index is 1.57. The fraction of sp³-hybridized carbons (Fsp3) is 0.188. The monoisotopic (exact) mass is 449 g/mol. The number of ether oxygens (including phenoxy) is 1. The number of aromatic nitrogens is 5. The minimum Gasteiger partial charge on any atom is -0.488 e. The molecule has 11 heteroatoms. The summed E-state index contributed by atoms with van der Waals surface area (Å²) in [5.41, 5.74) is 1.83. The van der Waals surface area contributed by atoms with Crippen molar-refractivity contribution in [2.75, 3.05) is 23.4 Å². The van der Waals surface area contributed by atoms with E-state index in [4.69, 9.17) is 16.3 Å². The second kappa shape index (κ2) is 7.12. The average molecular weight is 451 g/mol. The third kappa shape index (κ3) is 3.33. The van der Waals surface area contributed by atoms with Crippen LogP contribution < -0.4 is 15.0 Å². The van der Waals surface area contributed by atoms with Crippen LogP contribution in [0.15, 0.2) is 35.3 Å². The summed E-state index contributed by atoms with van der Waals surface area (Å²) < 4.78 is 6.42. The van der Waals surface area contributed by atoms with Gasteiger partial charge < -0.3 is 10.1 Å². The fourth-order valence-corrected chi connectivity index (χ4v) is 3.27. The molecule has 4 heterocycles. The first-order valence-corrected chi connectivity index (χ1v) is 9.10. The Morgan fingerprint density at radius 3 is 2.81 bits per heavy atom. The van der Waals surface area contributed by atoms with E-state index < -0.39 is 0 Å². The Hall–Kier alpha value is -2.72. The highest BCUT2D eigenvalue weighted by molar-refractivity contribution is 9.10. The summed E-state index contributed by atoms with van der Waals surface area (Å²) in [6, 6.07) is 1.26. The number of hydrogen-bond donors (Lipinski definition) is 1. The molecule has 0 unspecified atom stereocenters. The molecule has 3 aromatic heterocycles. The number of aryl methyl sites for hydroxylation is 1. The molecule has 138 valence electrons. The lowest BCUT2D eigenvalue weighted by molar-refractivity contribution is 0.250. The molecule has 9 nitrogen and oxygen atoms in total. The highest BCUT2D eigenvalue weighted by Crippen LogP contribution is 2.39. The smallest absolute Gasteiger partial charge is 0.326 e. The molecule has 2 amide bonds. The van der Waals surface area contributed by atoms with Gasteiger partial charge in [0.05, 0.1) is 52.2 Å². The number of rotatable bonds is 2. The van der Waals surface area contributed by atoms with Crippen molar-refractivity contribution in [2.24, 2.45) is 0 Å². The first-order valence-electron chi connectivity index (χ1n) is 7.93. The lowest BCUT2D eigenvalue weighted by atomic mass is 10.2. The first-order chi connectivity index (χ1) is 13.0. The fourth-order valence-electron chi connectivity index (χ4n) is 2.61. The SMILES string of the molecule is Cc1ncc2c(c1Br)OCCN2C(=O)Nc1cnc(-n2nccn2)c(Cl)c1. The molecule has 27 heavy (non-hydrogen) atoms. The van der Waals surface area contributed by atoms with Crippen LogP contribution in [0.1, 0.15) is 5.69 Å². The zero-order chi connectivity index (χ0) is 19.0. The van der Waals surface area contributed by atoms with Crippen LogP contribution in [0.4, 0.5) is 16.2 Å². The van der Waals surface area contributed by atoms with E-state index in [0.717, 1.165) is 10.2 Å². The number of fused-ring (bicyclic) bond motifs is 1. The van der Waals surface area contributed by atoms with Gasteiger partial charge in [0.2, 0.25) is 0 Å². The topological polar surface area (TPSA) is 98.1 Å². The second-order valence-corrected chi connectivity index (χ2v) is 6.85. The summed E-state index contributed by atoms with van der Waals surface area (Å²) in [5, 5.41) is 11.1. The van der Waals surface area contributed by atoms with Crippen molar-refractivity contribution in [3.8, 4) is 11.6 Å². The zero-order valence-corrected chi connectivity index (χ0v) is 16.4. The third-order valence-electron chi connectivity index (χ3n) is 3.91. The average Bonchev–Trinajstić information content (AvgIpc) is 3.19. The lowest BCUT2D eigenvalue weighted by Gasteiger charge is -2.30. The molecular weight excluding hydrogens is 438 g/mol. The van der Waals surface area contributed by atoms with Gasteiger partial charge in [0.1, 0.15) is 12.3 Å². The van der Waals surface area contributed by atoms with Crippen molar-refractivity contribution in [1.82, 2.24) is 25.0 Å². The maximum Gasteiger partial charge on any atom is 0.326 e. The minimum absolute atomic E-state index is 0.311. The molecule has 0 spiro atoms. The Morgan fingerprint density at radius 2 is 2.07 bits per heavy atom. The zero-order valence-electron chi connectivity index (χ0n) is 14.1. The van der Waals surface area contributed by atoms with Crippen molar-refractivity contribution < 1.29 is 9.53 Å². The van der Waals surface area contributed by atoms with Gasteiger partial charge in [-0.3, -0.25) is 9.88 Å². The van der Waals surface area contributed by atoms with Crippen molar-refractivity contribution in [3.05, 3.63) is 46.0 Å². The van der Waals surface area contributed by atoms with E-state index in [2.05, 4.69) is 41.4 Å². The summed E-state index contributed by atoms with van der Waals surface area (Å²) in [7, 11) is 0. The molecule has 0 saturated heterocycles. The van der Waals surface area contributed by atoms with Crippen LogP contribution in [0.5, 0.6) is 5.75 Å². The molecule has 0 aliphatic carbocycles. The van der Waals surface area contributed by atoms with E-state index in [1.165, 1.54) is 23.4 Å². The molecule has 4 rings (SSSR count). The van der Waals surface area contributed by atoms with Crippen LogP contribution in [-0.4, -0.2) is 44.1 Å². The van der Waals surface area contributed by atoms with E-state index in [1.54, 1.807) is 17.2 Å². The van der Waals surface area contributed by atoms with Gasteiger partial charge in [0.25, 0.3) is 0 Å². The third-order valence-corrected chi connectivity index (χ3v) is 5.12. The molecule has 0 radical (unpaired) electrons. The molecule has 0 saturated carbocycles. The van der Waals surface area contributed by atoms with E-state index in [-0.39, 0.29) is 6.03 Å². The summed E-state index contributed by atoms with van der Waals surface area (Å²) in [6.07, 6.45) is 6.16. The number of urea groups is 1. The number of pyridine rings is 2. The van der Waals surface area contributed by atoms with Gasteiger partial charge in [0, 0.05) is 0 Å². The quantitative estimate of drug-likeness (QED) is 0.644. The van der Waals surface area contributed by atoms with Gasteiger partial charge in [0.15, 0.2) is 11.6 Å². The van der Waals surface area contributed by atoms with E-state index in [9.17, 15) is 4.79 Å². The Kier molecular flexibility index (Phi) is 4.66. The predicted octanol–water partition coefficient (Wildman–Crippen LogP) is 3.21. The maximum atomic E-state index is 12.8. The van der Waals surface area contributed by atoms with Gasteiger partial charge >= 0.3 is 6.03 Å². The molecular formula is C16H13BrClN7O2. The van der Waals surface area contributed by atoms with Crippen molar-refractivity contribution >= 4 is 44.9 Å². The summed E-state index contributed by atoms with van der Waals surface area (Å²) in [6.45, 7) is 2.63. The van der Waals surface area contributed by atoms with Gasteiger partial charge in [-0.2, -0.15) is 10.2 Å². The lowest BCUT2D eigenvalue weighted by Crippen LogP contribution is -2.41. The molecule has 1 N–H and O–H groups in total. The second-order valence-electron chi connectivity index (χ2n) is 5.65. The van der Waals surface area contributed by atoms with Crippen molar-refractivity contribution in [2.45, 2.75) is 6.92 Å². The van der Waals surface area contributed by atoms with E-state index in [1.807, 2.05) is 6.92 Å². The van der Waals surface area contributed by atoms with Crippen molar-refractivity contribution in [1.29, 1.82) is 0 Å². The number of hydrogen-bond acceptors (Lipinski definition) is 6. The highest BCUT2D eigenvalue weighted by atomic mass is 79.9. The van der Waals surface area contributed by atoms with E-state index in [0.29, 0.717) is 41.1 Å². The molecule has 1 aliphatic rings. The van der Waals surface area contributed by atoms with E-state index >= 15 is 0 Å². The first kappa shape index (κ1) is 17.7. The molecule has 3 aromatic rings. The van der Waals surface area contributed by atoms with Gasteiger partial charge in [-0.25, -0.2) is 9.78 Å². The summed E-state index contributed by atoms with van der Waals surface area (Å²) >= 11 is 9.70. The normalized spacial score (nSPS) is 13.1. The van der Waals surface area contributed by atoms with Gasteiger partial charge in [-0.05, 0) is 28.9 Å². The van der Waals surface area contributed by atoms with Crippen LogP contribution in [0.3, 0.4) is 0 Å². The largest absolute Gasteiger partial charge is 0.488 e. The van der Waals surface area contributed by atoms with Crippen LogP contribution in [0, 0.1) is 6.92 Å². The van der Waals surface area contributed by atoms with Crippen LogP contribution >= 0.6 is 27.5 Å². The number of anilines is 2. The van der Waals surface area contributed by atoms with Crippen molar-refractivity contribution in [3.63, 3.8) is 0 Å². The molecule has 0 aromatic carbocycles. The number of carbonyl (C=O) groups excluding carboxylic acids is 1. The molecule has 0 fully saturated rings. The van der Waals surface area contributed by atoms with Crippen LogP contribution in [0.25, 0.3) is 5.82 Å². The van der Waals surface area contributed by atoms with Gasteiger partial charge in [-0.15, -0.1) is 4.80 Å². The molecule has 0 bridgehead atoms. The summed E-state index contributed by atoms with van der Waals surface area (Å²) in [5.74, 6) is 0.972. The highest BCUT2D eigenvalue weighted by Gasteiger charge is 2.27. The Bertz CT molecular complexity index is 1010. The Morgan fingerprint density at radius 1 is 1.30 bits per heavy atom. The number of halogens is 2. The standard InChI is InChI=1S/C16H13BrClN7O2/c1-9-13(17)14-12(8-19-9)24(4-5-27-14)16(26)23-10-6-11(18)15(20-7-10)25-21-2-3-22-25/h2-3,6-8H,4-5H2,1H3,(H,23,26). The Labute approximate surface area is 167 Å². The number of amides is 2. The predicted molar refractivity (Wildman–Crippen MR) is 103 cm³/mol.